The molecule has 0 radical (unpaired) electrons. The Hall–Kier alpha value is -0.910. The lowest BCUT2D eigenvalue weighted by atomic mass is 9.86. The lowest BCUT2D eigenvalue weighted by molar-refractivity contribution is 0.127. The lowest BCUT2D eigenvalue weighted by Gasteiger charge is -2.29. The minimum atomic E-state index is -3.54. The number of hydrogen-bond acceptors (Lipinski definition) is 3. The number of aliphatic hydroxyl groups excluding tert-OH is 1. The van der Waals surface area contributed by atoms with Gasteiger partial charge in [0.25, 0.3) is 0 Å². The fourth-order valence-corrected chi connectivity index (χ4v) is 4.38. The molecule has 0 bridgehead atoms. The Morgan fingerprint density at radius 2 is 2.14 bits per heavy atom. The van der Waals surface area contributed by atoms with Crippen LogP contribution in [0, 0.1) is 5.41 Å². The van der Waals surface area contributed by atoms with Gasteiger partial charge in [0.1, 0.15) is 0 Å². The normalized spacial score (nSPS) is 26.4. The topological polar surface area (TPSA) is 66.4 Å². The van der Waals surface area contributed by atoms with Gasteiger partial charge in [-0.25, -0.2) is 13.1 Å². The monoisotopic (exact) mass is 311 g/mol. The fourth-order valence-electron chi connectivity index (χ4n) is 2.92. The van der Waals surface area contributed by atoms with Crippen molar-refractivity contribution < 1.29 is 13.5 Å². The first-order chi connectivity index (χ1) is 9.78. The van der Waals surface area contributed by atoms with E-state index >= 15 is 0 Å². The standard InChI is InChI=1S/C16H25NO3S/c1-12(2)13-6-4-7-14(10-13)21(19,20)17-15-8-5-9-16(15,3)11-18/h4,6-7,10,12,15,17-18H,5,8-9,11H2,1-3H3/t15-,16-/m0/s1. The van der Waals surface area contributed by atoms with Gasteiger partial charge in [0.15, 0.2) is 0 Å². The largest absolute Gasteiger partial charge is 0.396 e. The first kappa shape index (κ1) is 16.5. The Morgan fingerprint density at radius 1 is 1.43 bits per heavy atom. The lowest BCUT2D eigenvalue weighted by Crippen LogP contribution is -2.44. The maximum absolute atomic E-state index is 12.6. The Labute approximate surface area is 127 Å². The smallest absolute Gasteiger partial charge is 0.240 e. The van der Waals surface area contributed by atoms with Gasteiger partial charge in [-0.3, -0.25) is 0 Å². The van der Waals surface area contributed by atoms with Crippen molar-refractivity contribution in [2.45, 2.75) is 56.9 Å². The van der Waals surface area contributed by atoms with Crippen LogP contribution in [0.2, 0.25) is 0 Å². The van der Waals surface area contributed by atoms with Crippen molar-refractivity contribution in [1.29, 1.82) is 0 Å². The molecular weight excluding hydrogens is 286 g/mol. The summed E-state index contributed by atoms with van der Waals surface area (Å²) < 4.78 is 27.9. The maximum atomic E-state index is 12.6. The SMILES string of the molecule is CC(C)c1cccc(S(=O)(=O)N[C@H]2CCC[C@@]2(C)CO)c1. The Bertz CT molecular complexity index is 597. The van der Waals surface area contributed by atoms with Gasteiger partial charge in [-0.15, -0.1) is 0 Å². The van der Waals surface area contributed by atoms with Gasteiger partial charge in [0.2, 0.25) is 10.0 Å². The molecule has 1 fully saturated rings. The highest BCUT2D eigenvalue weighted by atomic mass is 32.2. The van der Waals surface area contributed by atoms with Crippen LogP contribution in [0.5, 0.6) is 0 Å². The molecule has 21 heavy (non-hydrogen) atoms. The van der Waals surface area contributed by atoms with Gasteiger partial charge < -0.3 is 5.11 Å². The Kier molecular flexibility index (Phi) is 4.76. The third kappa shape index (κ3) is 3.47. The van der Waals surface area contributed by atoms with Crippen LogP contribution in [0.15, 0.2) is 29.2 Å². The summed E-state index contributed by atoms with van der Waals surface area (Å²) in [6.07, 6.45) is 2.57. The first-order valence-corrected chi connectivity index (χ1v) is 9.00. The predicted molar refractivity (Wildman–Crippen MR) is 83.7 cm³/mol. The zero-order valence-corrected chi connectivity index (χ0v) is 13.8. The predicted octanol–water partition coefficient (Wildman–Crippen LogP) is 2.64. The summed E-state index contributed by atoms with van der Waals surface area (Å²) >= 11 is 0. The van der Waals surface area contributed by atoms with Crippen LogP contribution in [-0.4, -0.2) is 26.2 Å². The van der Waals surface area contributed by atoms with Crippen LogP contribution in [0.25, 0.3) is 0 Å². The van der Waals surface area contributed by atoms with Crippen molar-refractivity contribution in [3.05, 3.63) is 29.8 Å². The number of rotatable bonds is 5. The highest BCUT2D eigenvalue weighted by molar-refractivity contribution is 7.89. The summed E-state index contributed by atoms with van der Waals surface area (Å²) in [4.78, 5) is 0.306. The van der Waals surface area contributed by atoms with Crippen molar-refractivity contribution in [2.75, 3.05) is 6.61 Å². The Morgan fingerprint density at radius 3 is 2.76 bits per heavy atom. The van der Waals surface area contributed by atoms with E-state index in [4.69, 9.17) is 0 Å². The molecule has 0 saturated heterocycles. The number of hydrogen-bond donors (Lipinski definition) is 2. The molecule has 2 N–H and O–H groups in total. The number of benzene rings is 1. The fraction of sp³-hybridized carbons (Fsp3) is 0.625. The molecule has 1 aromatic rings. The van der Waals surface area contributed by atoms with Crippen LogP contribution >= 0.6 is 0 Å². The van der Waals surface area contributed by atoms with Crippen LogP contribution in [0.4, 0.5) is 0 Å². The average Bonchev–Trinajstić information content (AvgIpc) is 2.80. The van der Waals surface area contributed by atoms with E-state index in [1.54, 1.807) is 18.2 Å². The van der Waals surface area contributed by atoms with E-state index < -0.39 is 10.0 Å². The van der Waals surface area contributed by atoms with Crippen LogP contribution in [-0.2, 0) is 10.0 Å². The summed E-state index contributed by atoms with van der Waals surface area (Å²) in [5.41, 5.74) is 0.650. The summed E-state index contributed by atoms with van der Waals surface area (Å²) in [6, 6.07) is 6.88. The van der Waals surface area contributed by atoms with Gasteiger partial charge >= 0.3 is 0 Å². The van der Waals surface area contributed by atoms with Crippen molar-refractivity contribution in [3.63, 3.8) is 0 Å². The summed E-state index contributed by atoms with van der Waals surface area (Å²) in [7, 11) is -3.54. The van der Waals surface area contributed by atoms with E-state index in [2.05, 4.69) is 4.72 Å². The van der Waals surface area contributed by atoms with E-state index in [0.717, 1.165) is 24.8 Å². The molecule has 2 atom stereocenters. The van der Waals surface area contributed by atoms with Crippen LogP contribution in [0.3, 0.4) is 0 Å². The Balaban J connectivity index is 2.25. The summed E-state index contributed by atoms with van der Waals surface area (Å²) in [6.45, 7) is 6.03. The summed E-state index contributed by atoms with van der Waals surface area (Å²) in [5, 5.41) is 9.55. The molecular formula is C16H25NO3S. The van der Waals surface area contributed by atoms with E-state index in [1.165, 1.54) is 0 Å². The van der Waals surface area contributed by atoms with E-state index in [1.807, 2.05) is 26.8 Å². The molecule has 5 heteroatoms. The molecule has 4 nitrogen and oxygen atoms in total. The highest BCUT2D eigenvalue weighted by Crippen LogP contribution is 2.38. The van der Waals surface area contributed by atoms with Gasteiger partial charge in [0.05, 0.1) is 4.90 Å². The average molecular weight is 311 g/mol. The zero-order chi connectivity index (χ0) is 15.7. The van der Waals surface area contributed by atoms with Crippen molar-refractivity contribution in [1.82, 2.24) is 4.72 Å². The molecule has 0 unspecified atom stereocenters. The van der Waals surface area contributed by atoms with E-state index in [0.29, 0.717) is 4.90 Å². The van der Waals surface area contributed by atoms with Crippen molar-refractivity contribution in [2.24, 2.45) is 5.41 Å². The molecule has 1 saturated carbocycles. The van der Waals surface area contributed by atoms with Gasteiger partial charge in [-0.05, 0) is 36.5 Å². The van der Waals surface area contributed by atoms with Crippen LogP contribution in [0.1, 0.15) is 51.5 Å². The number of nitrogens with one attached hydrogen (secondary N) is 1. The molecule has 118 valence electrons. The number of aliphatic hydroxyl groups is 1. The number of sulfonamides is 1. The zero-order valence-electron chi connectivity index (χ0n) is 13.0. The molecule has 0 amide bonds. The molecule has 1 aliphatic carbocycles. The van der Waals surface area contributed by atoms with E-state index in [-0.39, 0.29) is 24.0 Å². The first-order valence-electron chi connectivity index (χ1n) is 7.52. The highest BCUT2D eigenvalue weighted by Gasteiger charge is 2.40. The minimum Gasteiger partial charge on any atom is -0.396 e. The third-order valence-corrected chi connectivity index (χ3v) is 6.04. The quantitative estimate of drug-likeness (QED) is 0.878. The third-order valence-electron chi connectivity index (χ3n) is 4.58. The maximum Gasteiger partial charge on any atom is 0.240 e. The van der Waals surface area contributed by atoms with Gasteiger partial charge in [-0.1, -0.05) is 39.3 Å². The van der Waals surface area contributed by atoms with Gasteiger partial charge in [-0.2, -0.15) is 0 Å². The van der Waals surface area contributed by atoms with E-state index in [9.17, 15) is 13.5 Å². The van der Waals surface area contributed by atoms with Crippen molar-refractivity contribution >= 4 is 10.0 Å². The molecule has 0 aliphatic heterocycles. The molecule has 0 heterocycles. The molecule has 0 spiro atoms. The van der Waals surface area contributed by atoms with Crippen LogP contribution < -0.4 is 4.72 Å². The second-order valence-electron chi connectivity index (χ2n) is 6.61. The molecule has 1 aliphatic rings. The van der Waals surface area contributed by atoms with Crippen molar-refractivity contribution in [3.8, 4) is 0 Å². The molecule has 2 rings (SSSR count). The van der Waals surface area contributed by atoms with Gasteiger partial charge in [0, 0.05) is 18.1 Å². The molecule has 0 aromatic heterocycles. The molecule has 1 aromatic carbocycles. The minimum absolute atomic E-state index is 0.00617. The summed E-state index contributed by atoms with van der Waals surface area (Å²) in [5.74, 6) is 0.286. The second kappa shape index (κ2) is 6.07. The second-order valence-corrected chi connectivity index (χ2v) is 8.32.